The highest BCUT2D eigenvalue weighted by molar-refractivity contribution is 5.95. The van der Waals surface area contributed by atoms with Crippen molar-refractivity contribution in [2.45, 2.75) is 43.6 Å². The lowest BCUT2D eigenvalue weighted by atomic mass is 10.2. The van der Waals surface area contributed by atoms with Gasteiger partial charge in [-0.3, -0.25) is 14.4 Å². The molecule has 2 fully saturated rings. The molecule has 2 atom stereocenters. The van der Waals surface area contributed by atoms with E-state index in [0.717, 1.165) is 0 Å². The summed E-state index contributed by atoms with van der Waals surface area (Å²) in [7, 11) is 0. The van der Waals surface area contributed by atoms with Crippen LogP contribution in [0.1, 0.15) is 25.7 Å². The standard InChI is InChI=1S/C12H18N4O4/c1-6(9-10(14)20-9)15-11(19)12(4-5-12)16-8(18)3-2-7(13)17/h9-10H,1-5,14H2,(H2,13,17)(H,15,19)(H,16,18). The van der Waals surface area contributed by atoms with E-state index in [1.807, 2.05) is 0 Å². The van der Waals surface area contributed by atoms with Crippen molar-refractivity contribution in [3.8, 4) is 0 Å². The van der Waals surface area contributed by atoms with Crippen LogP contribution in [0.25, 0.3) is 0 Å². The van der Waals surface area contributed by atoms with Crippen LogP contribution >= 0.6 is 0 Å². The van der Waals surface area contributed by atoms with Crippen LogP contribution in [0.5, 0.6) is 0 Å². The number of ether oxygens (including phenoxy) is 1. The first-order valence-corrected chi connectivity index (χ1v) is 6.35. The maximum Gasteiger partial charge on any atom is 0.249 e. The van der Waals surface area contributed by atoms with E-state index in [1.54, 1.807) is 0 Å². The number of hydrogen-bond acceptors (Lipinski definition) is 5. The molecule has 3 amide bonds. The fourth-order valence-electron chi connectivity index (χ4n) is 1.84. The Balaban J connectivity index is 1.81. The molecule has 0 aromatic rings. The Hall–Kier alpha value is -1.93. The summed E-state index contributed by atoms with van der Waals surface area (Å²) < 4.78 is 4.98. The number of carbonyl (C=O) groups is 3. The lowest BCUT2D eigenvalue weighted by molar-refractivity contribution is -0.130. The van der Waals surface area contributed by atoms with E-state index in [2.05, 4.69) is 17.2 Å². The van der Waals surface area contributed by atoms with Crippen LogP contribution in [0.4, 0.5) is 0 Å². The molecule has 0 aromatic carbocycles. The molecule has 0 aromatic heterocycles. The Morgan fingerprint density at radius 1 is 1.30 bits per heavy atom. The minimum atomic E-state index is -0.906. The highest BCUT2D eigenvalue weighted by atomic mass is 16.6. The van der Waals surface area contributed by atoms with Crippen molar-refractivity contribution in [1.82, 2.24) is 10.6 Å². The number of nitrogens with two attached hydrogens (primary N) is 2. The van der Waals surface area contributed by atoms with Gasteiger partial charge in [-0.05, 0) is 12.8 Å². The highest BCUT2D eigenvalue weighted by Crippen LogP contribution is 2.36. The Morgan fingerprint density at radius 3 is 2.35 bits per heavy atom. The Labute approximate surface area is 115 Å². The molecule has 2 aliphatic rings. The summed E-state index contributed by atoms with van der Waals surface area (Å²) >= 11 is 0. The third kappa shape index (κ3) is 3.34. The van der Waals surface area contributed by atoms with E-state index in [9.17, 15) is 14.4 Å². The average molecular weight is 282 g/mol. The van der Waals surface area contributed by atoms with Crippen LogP contribution in [0.15, 0.2) is 12.3 Å². The molecule has 110 valence electrons. The monoisotopic (exact) mass is 282 g/mol. The van der Waals surface area contributed by atoms with Crippen molar-refractivity contribution in [2.75, 3.05) is 0 Å². The SMILES string of the molecule is C=C(NC(=O)C1(NC(=O)CCC(N)=O)CC1)C1OC1N. The molecule has 2 unspecified atom stereocenters. The van der Waals surface area contributed by atoms with Crippen LogP contribution in [-0.2, 0) is 19.1 Å². The highest BCUT2D eigenvalue weighted by Gasteiger charge is 2.52. The molecule has 0 spiro atoms. The summed E-state index contributed by atoms with van der Waals surface area (Å²) in [6.45, 7) is 3.68. The van der Waals surface area contributed by atoms with E-state index in [0.29, 0.717) is 18.5 Å². The third-order valence-electron chi connectivity index (χ3n) is 3.30. The van der Waals surface area contributed by atoms with Gasteiger partial charge in [-0.2, -0.15) is 0 Å². The summed E-state index contributed by atoms with van der Waals surface area (Å²) in [5.74, 6) is -1.26. The van der Waals surface area contributed by atoms with Crippen LogP contribution in [0, 0.1) is 0 Å². The zero-order valence-corrected chi connectivity index (χ0v) is 11.0. The Morgan fingerprint density at radius 2 is 1.90 bits per heavy atom. The first-order chi connectivity index (χ1) is 9.34. The summed E-state index contributed by atoms with van der Waals surface area (Å²) in [6, 6.07) is 0. The van der Waals surface area contributed by atoms with Crippen LogP contribution in [0.2, 0.25) is 0 Å². The van der Waals surface area contributed by atoms with Gasteiger partial charge in [0.15, 0.2) is 0 Å². The van der Waals surface area contributed by atoms with Gasteiger partial charge in [0.25, 0.3) is 0 Å². The lowest BCUT2D eigenvalue weighted by Crippen LogP contribution is -2.49. The van der Waals surface area contributed by atoms with Gasteiger partial charge in [-0.15, -0.1) is 0 Å². The third-order valence-corrected chi connectivity index (χ3v) is 3.30. The number of primary amides is 1. The molecule has 6 N–H and O–H groups in total. The molecule has 0 bridgehead atoms. The fourth-order valence-corrected chi connectivity index (χ4v) is 1.84. The second kappa shape index (κ2) is 5.22. The van der Waals surface area contributed by atoms with Gasteiger partial charge in [0.2, 0.25) is 17.7 Å². The second-order valence-corrected chi connectivity index (χ2v) is 5.10. The van der Waals surface area contributed by atoms with Crippen molar-refractivity contribution in [3.05, 3.63) is 12.3 Å². The lowest BCUT2D eigenvalue weighted by Gasteiger charge is -2.17. The zero-order valence-electron chi connectivity index (χ0n) is 11.0. The number of epoxide rings is 1. The van der Waals surface area contributed by atoms with Gasteiger partial charge < -0.3 is 26.8 Å². The minimum absolute atomic E-state index is 0.0259. The zero-order chi connectivity index (χ0) is 14.9. The van der Waals surface area contributed by atoms with Crippen molar-refractivity contribution in [2.24, 2.45) is 11.5 Å². The van der Waals surface area contributed by atoms with Gasteiger partial charge in [0.05, 0.1) is 0 Å². The largest absolute Gasteiger partial charge is 0.370 e. The summed E-state index contributed by atoms with van der Waals surface area (Å²) in [5, 5.41) is 5.23. The van der Waals surface area contributed by atoms with Crippen LogP contribution < -0.4 is 22.1 Å². The molecule has 1 aliphatic heterocycles. The predicted octanol–water partition coefficient (Wildman–Crippen LogP) is -1.79. The van der Waals surface area contributed by atoms with Crippen molar-refractivity contribution in [3.63, 3.8) is 0 Å². The maximum absolute atomic E-state index is 12.1. The van der Waals surface area contributed by atoms with E-state index in [-0.39, 0.29) is 30.8 Å². The Kier molecular flexibility index (Phi) is 3.78. The molecular weight excluding hydrogens is 264 g/mol. The van der Waals surface area contributed by atoms with E-state index in [4.69, 9.17) is 16.2 Å². The van der Waals surface area contributed by atoms with Crippen molar-refractivity contribution in [1.29, 1.82) is 0 Å². The number of hydrogen-bond donors (Lipinski definition) is 4. The molecule has 1 saturated heterocycles. The van der Waals surface area contributed by atoms with Gasteiger partial charge in [-0.1, -0.05) is 6.58 Å². The van der Waals surface area contributed by atoms with E-state index < -0.39 is 17.7 Å². The number of rotatable bonds is 7. The van der Waals surface area contributed by atoms with Crippen LogP contribution in [0.3, 0.4) is 0 Å². The predicted molar refractivity (Wildman–Crippen MR) is 68.7 cm³/mol. The fraction of sp³-hybridized carbons (Fsp3) is 0.583. The molecular formula is C12H18N4O4. The smallest absolute Gasteiger partial charge is 0.249 e. The maximum atomic E-state index is 12.1. The Bertz CT molecular complexity index is 472. The molecule has 1 heterocycles. The van der Waals surface area contributed by atoms with Gasteiger partial charge in [0.1, 0.15) is 17.9 Å². The van der Waals surface area contributed by atoms with Crippen LogP contribution in [-0.4, -0.2) is 35.6 Å². The molecule has 0 radical (unpaired) electrons. The van der Waals surface area contributed by atoms with Gasteiger partial charge in [0, 0.05) is 18.5 Å². The first-order valence-electron chi connectivity index (χ1n) is 6.35. The van der Waals surface area contributed by atoms with E-state index >= 15 is 0 Å². The molecule has 8 nitrogen and oxygen atoms in total. The van der Waals surface area contributed by atoms with Gasteiger partial charge >= 0.3 is 0 Å². The van der Waals surface area contributed by atoms with Gasteiger partial charge in [-0.25, -0.2) is 0 Å². The topological polar surface area (TPSA) is 140 Å². The molecule has 1 aliphatic carbocycles. The summed E-state index contributed by atoms with van der Waals surface area (Å²) in [5.41, 5.74) is 9.91. The quantitative estimate of drug-likeness (QED) is 0.408. The van der Waals surface area contributed by atoms with E-state index in [1.165, 1.54) is 0 Å². The number of carbonyl (C=O) groups excluding carboxylic acids is 3. The summed E-state index contributed by atoms with van der Waals surface area (Å²) in [4.78, 5) is 34.3. The molecule has 1 saturated carbocycles. The van der Waals surface area contributed by atoms with Crippen molar-refractivity contribution < 1.29 is 19.1 Å². The molecule has 8 heteroatoms. The minimum Gasteiger partial charge on any atom is -0.370 e. The molecule has 2 rings (SSSR count). The first kappa shape index (κ1) is 14.5. The average Bonchev–Trinajstić information content (AvgIpc) is 3.25. The number of nitrogens with one attached hydrogen (secondary N) is 2. The second-order valence-electron chi connectivity index (χ2n) is 5.10. The summed E-state index contributed by atoms with van der Waals surface area (Å²) in [6.07, 6.45) is 0.240. The molecule has 20 heavy (non-hydrogen) atoms. The normalized spacial score (nSPS) is 25.4. The van der Waals surface area contributed by atoms with Crippen molar-refractivity contribution >= 4 is 17.7 Å². The number of amides is 3.